The van der Waals surface area contributed by atoms with E-state index in [9.17, 15) is 4.79 Å². The van der Waals surface area contributed by atoms with Gasteiger partial charge in [-0.2, -0.15) is 5.10 Å². The summed E-state index contributed by atoms with van der Waals surface area (Å²) in [5.41, 5.74) is 4.10. The largest absolute Gasteiger partial charge is 0.336 e. The smallest absolute Gasteiger partial charge is 0.254 e. The van der Waals surface area contributed by atoms with Crippen molar-refractivity contribution in [2.75, 3.05) is 26.2 Å². The summed E-state index contributed by atoms with van der Waals surface area (Å²) in [4.78, 5) is 22.7. The van der Waals surface area contributed by atoms with Gasteiger partial charge in [-0.25, -0.2) is 4.98 Å². The minimum Gasteiger partial charge on any atom is -0.336 e. The molecule has 0 atom stereocenters. The van der Waals surface area contributed by atoms with E-state index in [1.165, 1.54) is 0 Å². The highest BCUT2D eigenvalue weighted by atomic mass is 16.2. The number of amides is 1. The molecule has 1 aliphatic heterocycles. The van der Waals surface area contributed by atoms with Crippen molar-refractivity contribution < 1.29 is 4.79 Å². The molecule has 0 unspecified atom stereocenters. The van der Waals surface area contributed by atoms with Gasteiger partial charge in [-0.15, -0.1) is 0 Å². The first-order chi connectivity index (χ1) is 13.5. The molecular weight excluding hydrogens is 350 g/mol. The van der Waals surface area contributed by atoms with Gasteiger partial charge < -0.3 is 4.90 Å². The summed E-state index contributed by atoms with van der Waals surface area (Å²) < 4.78 is 1.77. The van der Waals surface area contributed by atoms with Gasteiger partial charge in [0.25, 0.3) is 5.91 Å². The first-order valence-electron chi connectivity index (χ1n) is 9.89. The molecule has 1 saturated heterocycles. The Bertz CT molecular complexity index is 1000. The molecule has 0 saturated carbocycles. The highest BCUT2D eigenvalue weighted by Crippen LogP contribution is 2.28. The van der Waals surface area contributed by atoms with Crippen LogP contribution in [0.1, 0.15) is 29.9 Å². The molecule has 28 heavy (non-hydrogen) atoms. The number of carbonyl (C=O) groups excluding carboxylic acids is 1. The number of benzene rings is 1. The molecular formula is C22H27N5O. The predicted octanol–water partition coefficient (Wildman–Crippen LogP) is 3.11. The van der Waals surface area contributed by atoms with E-state index in [1.54, 1.807) is 4.68 Å². The number of pyridine rings is 1. The van der Waals surface area contributed by atoms with E-state index in [0.29, 0.717) is 11.6 Å². The van der Waals surface area contributed by atoms with Crippen LogP contribution >= 0.6 is 0 Å². The van der Waals surface area contributed by atoms with E-state index in [-0.39, 0.29) is 5.91 Å². The summed E-state index contributed by atoms with van der Waals surface area (Å²) in [6.45, 7) is 9.68. The molecule has 3 aromatic rings. The Kier molecular flexibility index (Phi) is 4.89. The van der Waals surface area contributed by atoms with Gasteiger partial charge in [-0.05, 0) is 26.8 Å². The monoisotopic (exact) mass is 377 g/mol. The molecule has 6 heteroatoms. The van der Waals surface area contributed by atoms with Crippen molar-refractivity contribution in [2.45, 2.75) is 26.8 Å². The molecule has 0 spiro atoms. The van der Waals surface area contributed by atoms with Gasteiger partial charge >= 0.3 is 0 Å². The van der Waals surface area contributed by atoms with Crippen LogP contribution in [-0.2, 0) is 7.05 Å². The van der Waals surface area contributed by atoms with E-state index in [0.717, 1.165) is 54.2 Å². The Balaban J connectivity index is 1.76. The van der Waals surface area contributed by atoms with E-state index < -0.39 is 0 Å². The van der Waals surface area contributed by atoms with Gasteiger partial charge in [-0.3, -0.25) is 14.4 Å². The van der Waals surface area contributed by atoms with Crippen molar-refractivity contribution in [3.63, 3.8) is 0 Å². The number of hydrogen-bond donors (Lipinski definition) is 0. The minimum atomic E-state index is 0.0732. The Morgan fingerprint density at radius 3 is 2.39 bits per heavy atom. The third kappa shape index (κ3) is 3.29. The van der Waals surface area contributed by atoms with Crippen LogP contribution in [0.3, 0.4) is 0 Å². The molecule has 0 bridgehead atoms. The number of piperazine rings is 1. The molecule has 1 fully saturated rings. The number of hydrogen-bond acceptors (Lipinski definition) is 4. The van der Waals surface area contributed by atoms with Crippen molar-refractivity contribution in [1.29, 1.82) is 0 Å². The lowest BCUT2D eigenvalue weighted by atomic mass is 10.0. The number of carbonyl (C=O) groups is 1. The maximum absolute atomic E-state index is 13.5. The van der Waals surface area contributed by atoms with E-state index in [1.807, 2.05) is 55.3 Å². The molecule has 3 heterocycles. The van der Waals surface area contributed by atoms with Gasteiger partial charge in [0.2, 0.25) is 0 Å². The normalized spacial score (nSPS) is 15.5. The van der Waals surface area contributed by atoms with Gasteiger partial charge in [0.05, 0.1) is 22.3 Å². The average molecular weight is 377 g/mol. The van der Waals surface area contributed by atoms with Gasteiger partial charge in [0, 0.05) is 44.8 Å². The number of fused-ring (bicyclic) bond motifs is 1. The number of rotatable bonds is 3. The summed E-state index contributed by atoms with van der Waals surface area (Å²) >= 11 is 0. The van der Waals surface area contributed by atoms with Crippen LogP contribution in [0, 0.1) is 6.92 Å². The van der Waals surface area contributed by atoms with E-state index in [4.69, 9.17) is 4.98 Å². The first kappa shape index (κ1) is 18.6. The highest BCUT2D eigenvalue weighted by Gasteiger charge is 2.27. The standard InChI is InChI=1S/C22H27N5O/c1-15(2)26-10-12-27(13-11-26)22(28)18-14-19(17-8-6-5-7-9-17)23-21-20(18)16(3)24-25(21)4/h5-9,14-15H,10-13H2,1-4H3. The molecule has 4 rings (SSSR count). The Labute approximate surface area is 165 Å². The van der Waals surface area contributed by atoms with E-state index >= 15 is 0 Å². The maximum Gasteiger partial charge on any atom is 0.254 e. The molecule has 1 aliphatic rings. The SMILES string of the molecule is Cc1nn(C)c2nc(-c3ccccc3)cc(C(=O)N3CCN(C(C)C)CC3)c12. The van der Waals surface area contributed by atoms with Crippen molar-refractivity contribution in [3.8, 4) is 11.3 Å². The van der Waals surface area contributed by atoms with Crippen LogP contribution in [0.5, 0.6) is 0 Å². The molecule has 146 valence electrons. The van der Waals surface area contributed by atoms with Crippen LogP contribution in [0.2, 0.25) is 0 Å². The molecule has 0 N–H and O–H groups in total. The summed E-state index contributed by atoms with van der Waals surface area (Å²) in [7, 11) is 1.88. The Morgan fingerprint density at radius 2 is 1.75 bits per heavy atom. The quantitative estimate of drug-likeness (QED) is 0.704. The van der Waals surface area contributed by atoms with Crippen molar-refractivity contribution >= 4 is 16.9 Å². The van der Waals surface area contributed by atoms with E-state index in [2.05, 4.69) is 23.8 Å². The lowest BCUT2D eigenvalue weighted by Gasteiger charge is -2.37. The second-order valence-electron chi connectivity index (χ2n) is 7.75. The van der Waals surface area contributed by atoms with Crippen LogP contribution in [0.25, 0.3) is 22.3 Å². The van der Waals surface area contributed by atoms with Gasteiger partial charge in [-0.1, -0.05) is 30.3 Å². The van der Waals surface area contributed by atoms with Gasteiger partial charge in [0.1, 0.15) is 0 Å². The zero-order valence-electron chi connectivity index (χ0n) is 17.0. The fourth-order valence-electron chi connectivity index (χ4n) is 3.98. The fraction of sp³-hybridized carbons (Fsp3) is 0.409. The van der Waals surface area contributed by atoms with Crippen LogP contribution in [0.15, 0.2) is 36.4 Å². The van der Waals surface area contributed by atoms with Crippen molar-refractivity contribution in [1.82, 2.24) is 24.6 Å². The second-order valence-corrected chi connectivity index (χ2v) is 7.75. The number of aryl methyl sites for hydroxylation is 2. The maximum atomic E-state index is 13.5. The molecule has 2 aromatic heterocycles. The number of nitrogens with zero attached hydrogens (tertiary/aromatic N) is 5. The fourth-order valence-corrected chi connectivity index (χ4v) is 3.98. The lowest BCUT2D eigenvalue weighted by molar-refractivity contribution is 0.0597. The van der Waals surface area contributed by atoms with Crippen LogP contribution < -0.4 is 0 Å². The average Bonchev–Trinajstić information content (AvgIpc) is 3.01. The van der Waals surface area contributed by atoms with Crippen LogP contribution in [-0.4, -0.2) is 62.7 Å². The van der Waals surface area contributed by atoms with Crippen LogP contribution in [0.4, 0.5) is 0 Å². The topological polar surface area (TPSA) is 54.3 Å². The molecule has 1 amide bonds. The lowest BCUT2D eigenvalue weighted by Crippen LogP contribution is -2.50. The summed E-state index contributed by atoms with van der Waals surface area (Å²) in [5.74, 6) is 0.0732. The molecule has 0 aliphatic carbocycles. The molecule has 1 aromatic carbocycles. The first-order valence-corrected chi connectivity index (χ1v) is 9.89. The second kappa shape index (κ2) is 7.36. The van der Waals surface area contributed by atoms with Crippen molar-refractivity contribution in [3.05, 3.63) is 47.7 Å². The molecule has 0 radical (unpaired) electrons. The summed E-state index contributed by atoms with van der Waals surface area (Å²) in [6, 6.07) is 12.4. The van der Waals surface area contributed by atoms with Gasteiger partial charge in [0.15, 0.2) is 5.65 Å². The minimum absolute atomic E-state index is 0.0732. The Hall–Kier alpha value is -2.73. The summed E-state index contributed by atoms with van der Waals surface area (Å²) in [6.07, 6.45) is 0. The zero-order chi connectivity index (χ0) is 19.8. The summed E-state index contributed by atoms with van der Waals surface area (Å²) in [5, 5.41) is 5.38. The third-order valence-electron chi connectivity index (χ3n) is 5.60. The zero-order valence-corrected chi connectivity index (χ0v) is 17.0. The molecule has 6 nitrogen and oxygen atoms in total. The highest BCUT2D eigenvalue weighted by molar-refractivity contribution is 6.07. The third-order valence-corrected chi connectivity index (χ3v) is 5.60. The Morgan fingerprint density at radius 1 is 1.07 bits per heavy atom. The predicted molar refractivity (Wildman–Crippen MR) is 111 cm³/mol. The number of aromatic nitrogens is 3. The van der Waals surface area contributed by atoms with Crippen molar-refractivity contribution in [2.24, 2.45) is 7.05 Å².